The first-order valence-corrected chi connectivity index (χ1v) is 9.81. The Labute approximate surface area is 158 Å². The van der Waals surface area contributed by atoms with Crippen LogP contribution in [0.1, 0.15) is 16.7 Å². The van der Waals surface area contributed by atoms with Crippen molar-refractivity contribution in [2.45, 2.75) is 12.7 Å². The van der Waals surface area contributed by atoms with Crippen molar-refractivity contribution in [3.05, 3.63) is 83.6 Å². The summed E-state index contributed by atoms with van der Waals surface area (Å²) < 4.78 is 0. The number of pyridine rings is 1. The van der Waals surface area contributed by atoms with Crippen molar-refractivity contribution in [3.8, 4) is 0 Å². The topological polar surface area (TPSA) is 42.0 Å². The zero-order chi connectivity index (χ0) is 18.2. The number of hydrogen-bond acceptors (Lipinski definition) is 3. The van der Waals surface area contributed by atoms with Gasteiger partial charge in [0.25, 0.3) is 0 Å². The summed E-state index contributed by atoms with van der Waals surface area (Å²) in [5.41, 5.74) is 4.45. The molecule has 3 nitrogen and oxygen atoms in total. The number of aromatic nitrogens is 1. The average molecular weight is 362 g/mol. The van der Waals surface area contributed by atoms with Gasteiger partial charge in [0.2, 0.25) is 5.91 Å². The highest BCUT2D eigenvalue weighted by atomic mass is 32.2. The summed E-state index contributed by atoms with van der Waals surface area (Å²) in [4.78, 5) is 16.4. The second-order valence-electron chi connectivity index (χ2n) is 6.08. The van der Waals surface area contributed by atoms with Crippen molar-refractivity contribution in [2.75, 3.05) is 12.3 Å². The molecule has 0 spiro atoms. The number of hydrogen-bond donors (Lipinski definition) is 1. The standard InChI is InChI=1S/C22H22N2OS/c1-17-7-9-18(10-8-17)16-26-15-14-23-21(25)12-11-20-5-2-4-19-6-3-13-24-22(19)20/h2-13H,14-16H2,1H3,(H,23,25)/b12-11+. The molecule has 0 saturated heterocycles. The van der Waals surface area contributed by atoms with Gasteiger partial charge >= 0.3 is 0 Å². The van der Waals surface area contributed by atoms with E-state index < -0.39 is 0 Å². The van der Waals surface area contributed by atoms with Crippen LogP contribution < -0.4 is 5.32 Å². The highest BCUT2D eigenvalue weighted by Crippen LogP contribution is 2.17. The molecule has 0 aliphatic carbocycles. The average Bonchev–Trinajstić information content (AvgIpc) is 2.67. The molecule has 0 aliphatic rings. The monoisotopic (exact) mass is 362 g/mol. The molecule has 0 unspecified atom stereocenters. The molecule has 26 heavy (non-hydrogen) atoms. The summed E-state index contributed by atoms with van der Waals surface area (Å²) >= 11 is 1.82. The molecule has 1 N–H and O–H groups in total. The maximum Gasteiger partial charge on any atom is 0.244 e. The Kier molecular flexibility index (Phi) is 6.45. The Morgan fingerprint density at radius 3 is 2.77 bits per heavy atom. The van der Waals surface area contributed by atoms with Crippen LogP contribution in [0.25, 0.3) is 17.0 Å². The van der Waals surface area contributed by atoms with Crippen LogP contribution in [0.5, 0.6) is 0 Å². The number of thioether (sulfide) groups is 1. The highest BCUT2D eigenvalue weighted by molar-refractivity contribution is 7.98. The summed E-state index contributed by atoms with van der Waals surface area (Å²) in [5.74, 6) is 1.78. The van der Waals surface area contributed by atoms with Gasteiger partial charge in [0, 0.05) is 41.3 Å². The summed E-state index contributed by atoms with van der Waals surface area (Å²) in [6.45, 7) is 2.75. The molecule has 2 aromatic carbocycles. The van der Waals surface area contributed by atoms with Crippen molar-refractivity contribution in [3.63, 3.8) is 0 Å². The Hall–Kier alpha value is -2.59. The third-order valence-electron chi connectivity index (χ3n) is 4.01. The Balaban J connectivity index is 1.43. The lowest BCUT2D eigenvalue weighted by Gasteiger charge is -2.04. The minimum absolute atomic E-state index is 0.0751. The van der Waals surface area contributed by atoms with Gasteiger partial charge in [-0.25, -0.2) is 0 Å². The second-order valence-corrected chi connectivity index (χ2v) is 7.19. The number of para-hydroxylation sites is 1. The first-order chi connectivity index (χ1) is 12.7. The van der Waals surface area contributed by atoms with Crippen molar-refractivity contribution in [1.82, 2.24) is 10.3 Å². The number of carbonyl (C=O) groups excluding carboxylic acids is 1. The Bertz CT molecular complexity index is 898. The zero-order valence-electron chi connectivity index (χ0n) is 14.8. The minimum atomic E-state index is -0.0751. The second kappa shape index (κ2) is 9.20. The number of amides is 1. The van der Waals surface area contributed by atoms with Crippen LogP contribution in [-0.2, 0) is 10.5 Å². The first kappa shape index (κ1) is 18.2. The predicted molar refractivity (Wildman–Crippen MR) is 111 cm³/mol. The van der Waals surface area contributed by atoms with Crippen LogP contribution >= 0.6 is 11.8 Å². The molecule has 1 heterocycles. The van der Waals surface area contributed by atoms with Crippen LogP contribution in [0.3, 0.4) is 0 Å². The van der Waals surface area contributed by atoms with E-state index in [4.69, 9.17) is 0 Å². The van der Waals surface area contributed by atoms with Crippen molar-refractivity contribution in [1.29, 1.82) is 0 Å². The van der Waals surface area contributed by atoms with E-state index in [0.29, 0.717) is 6.54 Å². The summed E-state index contributed by atoms with van der Waals surface area (Å²) in [7, 11) is 0. The van der Waals surface area contributed by atoms with Gasteiger partial charge in [-0.3, -0.25) is 9.78 Å². The lowest BCUT2D eigenvalue weighted by molar-refractivity contribution is -0.116. The van der Waals surface area contributed by atoms with E-state index in [-0.39, 0.29) is 5.91 Å². The molecule has 0 fully saturated rings. The molecule has 1 amide bonds. The van der Waals surface area contributed by atoms with Crippen LogP contribution in [0.4, 0.5) is 0 Å². The number of fused-ring (bicyclic) bond motifs is 1. The van der Waals surface area contributed by atoms with Crippen molar-refractivity contribution < 1.29 is 4.79 Å². The normalized spacial score (nSPS) is 11.1. The van der Waals surface area contributed by atoms with Crippen LogP contribution in [-0.4, -0.2) is 23.2 Å². The van der Waals surface area contributed by atoms with Gasteiger partial charge in [-0.05, 0) is 24.6 Å². The molecule has 0 aliphatic heterocycles. The first-order valence-electron chi connectivity index (χ1n) is 8.65. The van der Waals surface area contributed by atoms with Crippen LogP contribution in [0.15, 0.2) is 66.9 Å². The number of nitrogens with one attached hydrogen (secondary N) is 1. The summed E-state index contributed by atoms with van der Waals surface area (Å²) in [5, 5.41) is 4.00. The fourth-order valence-electron chi connectivity index (χ4n) is 2.61. The molecule has 1 aromatic heterocycles. The van der Waals surface area contributed by atoms with Gasteiger partial charge in [0.15, 0.2) is 0 Å². The van der Waals surface area contributed by atoms with Gasteiger partial charge < -0.3 is 5.32 Å². The van der Waals surface area contributed by atoms with E-state index in [2.05, 4.69) is 41.5 Å². The number of nitrogens with zero attached hydrogens (tertiary/aromatic N) is 1. The highest BCUT2D eigenvalue weighted by Gasteiger charge is 2.00. The molecular weight excluding hydrogens is 340 g/mol. The fourth-order valence-corrected chi connectivity index (χ4v) is 3.43. The summed E-state index contributed by atoms with van der Waals surface area (Å²) in [6, 6.07) is 18.5. The van der Waals surface area contributed by atoms with Gasteiger partial charge in [-0.1, -0.05) is 54.1 Å². The fraction of sp³-hybridized carbons (Fsp3) is 0.182. The van der Waals surface area contributed by atoms with Crippen LogP contribution in [0, 0.1) is 6.92 Å². The quantitative estimate of drug-likeness (QED) is 0.493. The van der Waals surface area contributed by atoms with Crippen LogP contribution in [0.2, 0.25) is 0 Å². The lowest BCUT2D eigenvalue weighted by atomic mass is 10.1. The van der Waals surface area contributed by atoms with Gasteiger partial charge in [-0.15, -0.1) is 0 Å². The van der Waals surface area contributed by atoms with E-state index >= 15 is 0 Å². The van der Waals surface area contributed by atoms with Crippen molar-refractivity contribution >= 4 is 34.6 Å². The minimum Gasteiger partial charge on any atom is -0.352 e. The Morgan fingerprint density at radius 1 is 1.12 bits per heavy atom. The zero-order valence-corrected chi connectivity index (χ0v) is 15.6. The smallest absolute Gasteiger partial charge is 0.244 e. The van der Waals surface area contributed by atoms with E-state index in [1.54, 1.807) is 12.3 Å². The molecular formula is C22H22N2OS. The molecule has 0 atom stereocenters. The number of benzene rings is 2. The maximum atomic E-state index is 12.0. The van der Waals surface area contributed by atoms with E-state index in [1.807, 2.05) is 48.2 Å². The predicted octanol–water partition coefficient (Wildman–Crippen LogP) is 4.61. The SMILES string of the molecule is Cc1ccc(CSCCNC(=O)/C=C/c2cccc3cccnc23)cc1. The molecule has 4 heteroatoms. The number of aryl methyl sites for hydroxylation is 1. The maximum absolute atomic E-state index is 12.0. The largest absolute Gasteiger partial charge is 0.352 e. The molecule has 0 radical (unpaired) electrons. The van der Waals surface area contributed by atoms with Crippen molar-refractivity contribution in [2.24, 2.45) is 0 Å². The molecule has 132 valence electrons. The van der Waals surface area contributed by atoms with Gasteiger partial charge in [0.05, 0.1) is 5.52 Å². The molecule has 0 saturated carbocycles. The van der Waals surface area contributed by atoms with Gasteiger partial charge in [-0.2, -0.15) is 11.8 Å². The Morgan fingerprint density at radius 2 is 1.92 bits per heavy atom. The third-order valence-corrected chi connectivity index (χ3v) is 5.04. The van der Waals surface area contributed by atoms with Gasteiger partial charge in [0.1, 0.15) is 0 Å². The number of rotatable bonds is 7. The lowest BCUT2D eigenvalue weighted by Crippen LogP contribution is -2.23. The van der Waals surface area contributed by atoms with E-state index in [9.17, 15) is 4.79 Å². The molecule has 0 bridgehead atoms. The molecule has 3 rings (SSSR count). The molecule has 3 aromatic rings. The number of carbonyl (C=O) groups is 1. The van der Waals surface area contributed by atoms with E-state index in [0.717, 1.165) is 28.0 Å². The summed E-state index contributed by atoms with van der Waals surface area (Å²) in [6.07, 6.45) is 5.17. The van der Waals surface area contributed by atoms with E-state index in [1.165, 1.54) is 11.1 Å². The third kappa shape index (κ3) is 5.20.